The van der Waals surface area contributed by atoms with Crippen LogP contribution in [0.4, 0.5) is 0 Å². The SMILES string of the molecule is C=C/C=C\C1=C(C)C(=C2CCPCC2)c2ccc(Cl)cc2CC1. The Morgan fingerprint density at radius 2 is 1.91 bits per heavy atom. The van der Waals surface area contributed by atoms with Crippen LogP contribution in [0.25, 0.3) is 5.57 Å². The van der Waals surface area contributed by atoms with Gasteiger partial charge in [-0.2, -0.15) is 0 Å². The summed E-state index contributed by atoms with van der Waals surface area (Å²) in [5.74, 6) is 0. The highest BCUT2D eigenvalue weighted by Crippen LogP contribution is 2.41. The zero-order chi connectivity index (χ0) is 16.2. The van der Waals surface area contributed by atoms with E-state index in [-0.39, 0.29) is 0 Å². The molecule has 2 aliphatic rings. The summed E-state index contributed by atoms with van der Waals surface area (Å²) >= 11 is 6.26. The van der Waals surface area contributed by atoms with Crippen LogP contribution in [0, 0.1) is 0 Å². The van der Waals surface area contributed by atoms with Crippen molar-refractivity contribution < 1.29 is 0 Å². The van der Waals surface area contributed by atoms with E-state index in [0.29, 0.717) is 0 Å². The topological polar surface area (TPSA) is 0 Å². The van der Waals surface area contributed by atoms with Crippen molar-refractivity contribution in [1.82, 2.24) is 0 Å². The Labute approximate surface area is 146 Å². The summed E-state index contributed by atoms with van der Waals surface area (Å²) in [6.07, 6.45) is 13.5. The second-order valence-electron chi connectivity index (χ2n) is 6.28. The highest BCUT2D eigenvalue weighted by Gasteiger charge is 2.21. The largest absolute Gasteiger partial charge is 0.121 e. The molecule has 23 heavy (non-hydrogen) atoms. The predicted octanol–water partition coefficient (Wildman–Crippen LogP) is 6.57. The Balaban J connectivity index is 2.18. The van der Waals surface area contributed by atoms with E-state index < -0.39 is 0 Å². The standard InChI is InChI=1S/C21H24ClP/c1-3-4-5-16-6-7-18-14-19(22)8-9-20(18)21(15(16)2)17-10-12-23-13-11-17/h3-5,8-9,14,23H,1,6-7,10-13H2,2H3/b5-4-. The van der Waals surface area contributed by atoms with Crippen LogP contribution in [-0.4, -0.2) is 12.3 Å². The first-order valence-electron chi connectivity index (χ1n) is 8.41. The average molecular weight is 343 g/mol. The van der Waals surface area contributed by atoms with E-state index in [1.165, 1.54) is 53.0 Å². The summed E-state index contributed by atoms with van der Waals surface area (Å²) in [7, 11) is 1.14. The lowest BCUT2D eigenvalue weighted by molar-refractivity contribution is 0.959. The number of fused-ring (bicyclic) bond motifs is 1. The van der Waals surface area contributed by atoms with E-state index in [1.807, 2.05) is 12.1 Å². The van der Waals surface area contributed by atoms with Gasteiger partial charge in [0.2, 0.25) is 0 Å². The zero-order valence-electron chi connectivity index (χ0n) is 13.8. The van der Waals surface area contributed by atoms with Crippen LogP contribution in [0.1, 0.15) is 37.3 Å². The van der Waals surface area contributed by atoms with E-state index in [4.69, 9.17) is 11.6 Å². The van der Waals surface area contributed by atoms with Crippen molar-refractivity contribution in [1.29, 1.82) is 0 Å². The maximum absolute atomic E-state index is 6.26. The Morgan fingerprint density at radius 1 is 1.13 bits per heavy atom. The number of halogens is 1. The summed E-state index contributed by atoms with van der Waals surface area (Å²) in [6, 6.07) is 6.44. The first kappa shape index (κ1) is 16.7. The van der Waals surface area contributed by atoms with Gasteiger partial charge in [0.05, 0.1) is 0 Å². The molecular weight excluding hydrogens is 319 g/mol. The summed E-state index contributed by atoms with van der Waals surface area (Å²) in [5.41, 5.74) is 8.85. The summed E-state index contributed by atoms with van der Waals surface area (Å²) in [6.45, 7) is 6.11. The molecule has 0 aromatic heterocycles. The molecule has 0 atom stereocenters. The van der Waals surface area contributed by atoms with Crippen LogP contribution in [-0.2, 0) is 6.42 Å². The molecule has 1 saturated heterocycles. The van der Waals surface area contributed by atoms with E-state index in [9.17, 15) is 0 Å². The predicted molar refractivity (Wildman–Crippen MR) is 106 cm³/mol. The summed E-state index contributed by atoms with van der Waals surface area (Å²) in [4.78, 5) is 0. The fraction of sp³-hybridized carbons (Fsp3) is 0.333. The minimum absolute atomic E-state index is 0.848. The molecule has 0 saturated carbocycles. The highest BCUT2D eigenvalue weighted by molar-refractivity contribution is 7.38. The summed E-state index contributed by atoms with van der Waals surface area (Å²) in [5, 5.41) is 0.848. The van der Waals surface area contributed by atoms with Gasteiger partial charge in [0.1, 0.15) is 0 Å². The molecule has 0 nitrogen and oxygen atoms in total. The molecule has 0 N–H and O–H groups in total. The normalized spacial score (nSPS) is 20.1. The van der Waals surface area contributed by atoms with E-state index in [1.54, 1.807) is 5.57 Å². The molecule has 2 heteroatoms. The molecule has 120 valence electrons. The highest BCUT2D eigenvalue weighted by atomic mass is 35.5. The lowest BCUT2D eigenvalue weighted by Crippen LogP contribution is -2.03. The molecule has 0 radical (unpaired) electrons. The molecule has 3 rings (SSSR count). The van der Waals surface area contributed by atoms with Gasteiger partial charge in [0.15, 0.2) is 0 Å². The van der Waals surface area contributed by atoms with Crippen LogP contribution >= 0.6 is 20.2 Å². The third-order valence-corrected chi connectivity index (χ3v) is 6.29. The van der Waals surface area contributed by atoms with E-state index in [0.717, 1.165) is 26.4 Å². The van der Waals surface area contributed by atoms with Gasteiger partial charge in [0, 0.05) is 5.02 Å². The van der Waals surface area contributed by atoms with Crippen molar-refractivity contribution >= 4 is 25.8 Å². The van der Waals surface area contributed by atoms with Gasteiger partial charge < -0.3 is 0 Å². The van der Waals surface area contributed by atoms with Crippen LogP contribution in [0.5, 0.6) is 0 Å². The van der Waals surface area contributed by atoms with E-state index >= 15 is 0 Å². The average Bonchev–Trinajstić information content (AvgIpc) is 2.70. The maximum Gasteiger partial charge on any atom is 0.0409 e. The van der Waals surface area contributed by atoms with Gasteiger partial charge in [-0.15, -0.1) is 8.58 Å². The van der Waals surface area contributed by atoms with Gasteiger partial charge in [-0.3, -0.25) is 0 Å². The fourth-order valence-corrected chi connectivity index (χ4v) is 5.06. The van der Waals surface area contributed by atoms with Crippen LogP contribution in [0.15, 0.2) is 59.7 Å². The molecule has 1 heterocycles. The Morgan fingerprint density at radius 3 is 2.65 bits per heavy atom. The molecule has 1 aromatic rings. The molecule has 0 spiro atoms. The lowest BCUT2D eigenvalue weighted by Gasteiger charge is -2.22. The number of aryl methyl sites for hydroxylation is 1. The van der Waals surface area contributed by atoms with Gasteiger partial charge >= 0.3 is 0 Å². The van der Waals surface area contributed by atoms with E-state index in [2.05, 4.69) is 37.8 Å². The molecule has 1 aliphatic heterocycles. The second-order valence-corrected chi connectivity index (χ2v) is 8.21. The van der Waals surface area contributed by atoms with Gasteiger partial charge in [-0.05, 0) is 84.9 Å². The first-order valence-corrected chi connectivity index (χ1v) is 10.2. The van der Waals surface area contributed by atoms with Crippen molar-refractivity contribution in [2.75, 3.05) is 12.3 Å². The van der Waals surface area contributed by atoms with Gasteiger partial charge in [-0.25, -0.2) is 0 Å². The third kappa shape index (κ3) is 3.70. The summed E-state index contributed by atoms with van der Waals surface area (Å²) < 4.78 is 0. The Hall–Kier alpha value is -1.10. The number of hydrogen-bond donors (Lipinski definition) is 0. The van der Waals surface area contributed by atoms with Crippen LogP contribution in [0.3, 0.4) is 0 Å². The number of hydrogen-bond acceptors (Lipinski definition) is 0. The molecule has 1 aliphatic carbocycles. The molecule has 1 aromatic carbocycles. The molecule has 0 amide bonds. The van der Waals surface area contributed by atoms with Gasteiger partial charge in [-0.1, -0.05) is 48.0 Å². The van der Waals surface area contributed by atoms with Crippen molar-refractivity contribution in [3.63, 3.8) is 0 Å². The third-order valence-electron chi connectivity index (χ3n) is 4.85. The van der Waals surface area contributed by atoms with Crippen molar-refractivity contribution in [3.8, 4) is 0 Å². The Kier molecular flexibility index (Phi) is 5.57. The number of allylic oxidation sites excluding steroid dienone is 7. The fourth-order valence-electron chi connectivity index (χ4n) is 3.66. The minimum Gasteiger partial charge on any atom is -0.121 e. The van der Waals surface area contributed by atoms with Crippen LogP contribution < -0.4 is 0 Å². The first-order chi connectivity index (χ1) is 11.2. The molecular formula is C21H24ClP. The lowest BCUT2D eigenvalue weighted by atomic mass is 9.88. The number of benzene rings is 1. The molecule has 0 unspecified atom stereocenters. The van der Waals surface area contributed by atoms with Gasteiger partial charge in [0.25, 0.3) is 0 Å². The maximum atomic E-state index is 6.26. The van der Waals surface area contributed by atoms with Crippen LogP contribution in [0.2, 0.25) is 5.02 Å². The number of rotatable bonds is 2. The molecule has 0 bridgehead atoms. The zero-order valence-corrected chi connectivity index (χ0v) is 15.5. The second kappa shape index (κ2) is 7.65. The monoisotopic (exact) mass is 342 g/mol. The minimum atomic E-state index is 0.848. The Bertz CT molecular complexity index is 699. The van der Waals surface area contributed by atoms with Crippen molar-refractivity contribution in [2.45, 2.75) is 32.6 Å². The quantitative estimate of drug-likeness (QED) is 0.421. The van der Waals surface area contributed by atoms with Crippen molar-refractivity contribution in [3.05, 3.63) is 75.9 Å². The molecule has 1 fully saturated rings. The smallest absolute Gasteiger partial charge is 0.0409 e. The van der Waals surface area contributed by atoms with Crippen molar-refractivity contribution in [2.24, 2.45) is 0 Å².